The lowest BCUT2D eigenvalue weighted by molar-refractivity contribution is 0.0733. The van der Waals surface area contributed by atoms with Crippen LogP contribution in [0.1, 0.15) is 40.5 Å². The SMILES string of the molecule is Cc1ccc(Nc2nccc(C3CCCN3C(=O)c3ccccc3)n2)nc1. The second-order valence-corrected chi connectivity index (χ2v) is 6.67. The van der Waals surface area contributed by atoms with Crippen molar-refractivity contribution in [3.05, 3.63) is 77.7 Å². The molecule has 0 bridgehead atoms. The molecule has 2 aromatic heterocycles. The molecular formula is C21H21N5O. The Morgan fingerprint density at radius 1 is 1.11 bits per heavy atom. The van der Waals surface area contributed by atoms with Gasteiger partial charge >= 0.3 is 0 Å². The number of pyridine rings is 1. The first-order chi connectivity index (χ1) is 13.2. The van der Waals surface area contributed by atoms with Crippen molar-refractivity contribution in [3.8, 4) is 0 Å². The first-order valence-electron chi connectivity index (χ1n) is 9.09. The van der Waals surface area contributed by atoms with Crippen LogP contribution in [0.5, 0.6) is 0 Å². The molecule has 1 aliphatic rings. The third-order valence-electron chi connectivity index (χ3n) is 4.70. The Hall–Kier alpha value is -3.28. The lowest BCUT2D eigenvalue weighted by Crippen LogP contribution is -2.31. The molecule has 6 nitrogen and oxygen atoms in total. The second-order valence-electron chi connectivity index (χ2n) is 6.67. The van der Waals surface area contributed by atoms with Gasteiger partial charge in [-0.25, -0.2) is 15.0 Å². The van der Waals surface area contributed by atoms with Crippen LogP contribution in [-0.2, 0) is 0 Å². The number of amides is 1. The van der Waals surface area contributed by atoms with Crippen LogP contribution in [0.3, 0.4) is 0 Å². The van der Waals surface area contributed by atoms with Crippen LogP contribution in [0.4, 0.5) is 11.8 Å². The molecule has 1 fully saturated rings. The summed E-state index contributed by atoms with van der Waals surface area (Å²) in [6.45, 7) is 2.73. The van der Waals surface area contributed by atoms with E-state index in [1.165, 1.54) is 0 Å². The summed E-state index contributed by atoms with van der Waals surface area (Å²) in [6.07, 6.45) is 5.39. The Bertz CT molecular complexity index is 927. The lowest BCUT2D eigenvalue weighted by atomic mass is 10.1. The predicted octanol–water partition coefficient (Wildman–Crippen LogP) is 3.90. The summed E-state index contributed by atoms with van der Waals surface area (Å²) in [5, 5.41) is 3.13. The number of nitrogens with one attached hydrogen (secondary N) is 1. The fraction of sp³-hybridized carbons (Fsp3) is 0.238. The number of anilines is 2. The molecule has 6 heteroatoms. The van der Waals surface area contributed by atoms with Gasteiger partial charge in [-0.05, 0) is 49.6 Å². The van der Waals surface area contributed by atoms with Gasteiger partial charge < -0.3 is 10.2 Å². The molecule has 0 spiro atoms. The van der Waals surface area contributed by atoms with Crippen molar-refractivity contribution in [1.29, 1.82) is 0 Å². The van der Waals surface area contributed by atoms with E-state index in [0.29, 0.717) is 17.3 Å². The quantitative estimate of drug-likeness (QED) is 0.765. The Morgan fingerprint density at radius 2 is 1.96 bits per heavy atom. The third-order valence-corrected chi connectivity index (χ3v) is 4.70. The smallest absolute Gasteiger partial charge is 0.254 e. The number of nitrogens with zero attached hydrogens (tertiary/aromatic N) is 4. The molecule has 1 N–H and O–H groups in total. The van der Waals surface area contributed by atoms with Crippen LogP contribution in [-0.4, -0.2) is 32.3 Å². The molecule has 1 amide bonds. The molecule has 3 aromatic rings. The van der Waals surface area contributed by atoms with Crippen LogP contribution in [0.25, 0.3) is 0 Å². The average molecular weight is 359 g/mol. The maximum Gasteiger partial charge on any atom is 0.254 e. The molecule has 1 aromatic carbocycles. The molecule has 4 rings (SSSR count). The minimum atomic E-state index is -0.0350. The third kappa shape index (κ3) is 3.79. The predicted molar refractivity (Wildman–Crippen MR) is 104 cm³/mol. The monoisotopic (exact) mass is 359 g/mol. The van der Waals surface area contributed by atoms with Crippen molar-refractivity contribution >= 4 is 17.7 Å². The zero-order valence-corrected chi connectivity index (χ0v) is 15.2. The van der Waals surface area contributed by atoms with Gasteiger partial charge in [0.2, 0.25) is 5.95 Å². The zero-order chi connectivity index (χ0) is 18.6. The number of aryl methyl sites for hydroxylation is 1. The highest BCUT2D eigenvalue weighted by Gasteiger charge is 2.31. The van der Waals surface area contributed by atoms with Gasteiger partial charge in [0, 0.05) is 24.5 Å². The van der Waals surface area contributed by atoms with Crippen molar-refractivity contribution in [2.24, 2.45) is 0 Å². The molecule has 136 valence electrons. The van der Waals surface area contributed by atoms with Crippen molar-refractivity contribution in [2.45, 2.75) is 25.8 Å². The highest BCUT2D eigenvalue weighted by atomic mass is 16.2. The number of carbonyl (C=O) groups excluding carboxylic acids is 1. The molecule has 1 saturated heterocycles. The number of hydrogen-bond acceptors (Lipinski definition) is 5. The van der Waals surface area contributed by atoms with Crippen LogP contribution >= 0.6 is 0 Å². The van der Waals surface area contributed by atoms with Crippen molar-refractivity contribution < 1.29 is 4.79 Å². The molecule has 0 saturated carbocycles. The van der Waals surface area contributed by atoms with Gasteiger partial charge in [-0.2, -0.15) is 0 Å². The molecule has 0 aliphatic carbocycles. The first kappa shape index (κ1) is 17.1. The first-order valence-corrected chi connectivity index (χ1v) is 9.09. The number of likely N-dealkylation sites (tertiary alicyclic amines) is 1. The minimum Gasteiger partial charge on any atom is -0.330 e. The van der Waals surface area contributed by atoms with Gasteiger partial charge in [-0.1, -0.05) is 24.3 Å². The topological polar surface area (TPSA) is 71.0 Å². The molecule has 1 aliphatic heterocycles. The van der Waals surface area contributed by atoms with E-state index in [1.54, 1.807) is 12.4 Å². The van der Waals surface area contributed by atoms with Crippen molar-refractivity contribution in [3.63, 3.8) is 0 Å². The average Bonchev–Trinajstić information content (AvgIpc) is 3.20. The van der Waals surface area contributed by atoms with E-state index in [-0.39, 0.29) is 11.9 Å². The summed E-state index contributed by atoms with van der Waals surface area (Å²) in [5.74, 6) is 1.23. The van der Waals surface area contributed by atoms with E-state index in [1.807, 2.05) is 60.4 Å². The van der Waals surface area contributed by atoms with Gasteiger partial charge in [0.05, 0.1) is 11.7 Å². The number of carbonyl (C=O) groups is 1. The number of benzene rings is 1. The molecule has 3 heterocycles. The fourth-order valence-electron chi connectivity index (χ4n) is 3.34. The van der Waals surface area contributed by atoms with Crippen LogP contribution in [0.15, 0.2) is 60.9 Å². The summed E-state index contributed by atoms with van der Waals surface area (Å²) in [6, 6.07) is 15.1. The maximum absolute atomic E-state index is 12.9. The largest absolute Gasteiger partial charge is 0.330 e. The van der Waals surface area contributed by atoms with E-state index in [4.69, 9.17) is 0 Å². The summed E-state index contributed by atoms with van der Waals surface area (Å²) >= 11 is 0. The van der Waals surface area contributed by atoms with E-state index >= 15 is 0 Å². The Morgan fingerprint density at radius 3 is 2.74 bits per heavy atom. The summed E-state index contributed by atoms with van der Waals surface area (Å²) in [5.41, 5.74) is 2.65. The Labute approximate surface area is 158 Å². The van der Waals surface area contributed by atoms with Crippen LogP contribution in [0.2, 0.25) is 0 Å². The molecule has 27 heavy (non-hydrogen) atoms. The summed E-state index contributed by atoms with van der Waals surface area (Å²) in [7, 11) is 0. The normalized spacial score (nSPS) is 16.3. The van der Waals surface area contributed by atoms with Gasteiger partial charge in [-0.3, -0.25) is 4.79 Å². The van der Waals surface area contributed by atoms with E-state index in [9.17, 15) is 4.79 Å². The van der Waals surface area contributed by atoms with E-state index in [0.717, 1.165) is 30.6 Å². The van der Waals surface area contributed by atoms with Crippen LogP contribution < -0.4 is 5.32 Å². The fourth-order valence-corrected chi connectivity index (χ4v) is 3.34. The second kappa shape index (κ2) is 7.53. The van der Waals surface area contributed by atoms with Crippen molar-refractivity contribution in [2.75, 3.05) is 11.9 Å². The van der Waals surface area contributed by atoms with Gasteiger partial charge in [0.1, 0.15) is 5.82 Å². The number of aromatic nitrogens is 3. The van der Waals surface area contributed by atoms with Crippen molar-refractivity contribution in [1.82, 2.24) is 19.9 Å². The molecular weight excluding hydrogens is 338 g/mol. The highest BCUT2D eigenvalue weighted by Crippen LogP contribution is 2.32. The van der Waals surface area contributed by atoms with Gasteiger partial charge in [-0.15, -0.1) is 0 Å². The number of rotatable bonds is 4. The lowest BCUT2D eigenvalue weighted by Gasteiger charge is -2.24. The highest BCUT2D eigenvalue weighted by molar-refractivity contribution is 5.94. The Balaban J connectivity index is 1.55. The van der Waals surface area contributed by atoms with E-state index in [2.05, 4.69) is 20.3 Å². The van der Waals surface area contributed by atoms with Gasteiger partial charge in [0.25, 0.3) is 5.91 Å². The standard InChI is InChI=1S/C21H21N5O/c1-15-9-10-19(23-14-15)25-21-22-12-11-17(24-21)18-8-5-13-26(18)20(27)16-6-3-2-4-7-16/h2-4,6-7,9-12,14,18H,5,8,13H2,1H3,(H,22,23,24,25). The molecule has 1 unspecified atom stereocenters. The summed E-state index contributed by atoms with van der Waals surface area (Å²) < 4.78 is 0. The number of hydrogen-bond donors (Lipinski definition) is 1. The minimum absolute atomic E-state index is 0.0350. The zero-order valence-electron chi connectivity index (χ0n) is 15.2. The maximum atomic E-state index is 12.9. The van der Waals surface area contributed by atoms with Crippen LogP contribution in [0, 0.1) is 6.92 Å². The molecule has 0 radical (unpaired) electrons. The Kier molecular flexibility index (Phi) is 4.78. The summed E-state index contributed by atoms with van der Waals surface area (Å²) in [4.78, 5) is 28.1. The van der Waals surface area contributed by atoms with Gasteiger partial charge in [0.15, 0.2) is 0 Å². The molecule has 1 atom stereocenters. The van der Waals surface area contributed by atoms with E-state index < -0.39 is 0 Å².